The van der Waals surface area contributed by atoms with Crippen molar-refractivity contribution in [1.29, 1.82) is 0 Å². The monoisotopic (exact) mass is 345 g/mol. The highest BCUT2D eigenvalue weighted by atomic mass is 19.1. The third-order valence-corrected chi connectivity index (χ3v) is 4.22. The fraction of sp³-hybridized carbons (Fsp3) is 0.333. The van der Waals surface area contributed by atoms with Crippen molar-refractivity contribution in [2.45, 2.75) is 25.3 Å². The average Bonchev–Trinajstić information content (AvgIpc) is 3.05. The highest BCUT2D eigenvalue weighted by molar-refractivity contribution is 5.97. The fourth-order valence-corrected chi connectivity index (χ4v) is 2.97. The van der Waals surface area contributed by atoms with Crippen LogP contribution in [0.3, 0.4) is 0 Å². The van der Waals surface area contributed by atoms with Crippen molar-refractivity contribution in [1.82, 2.24) is 10.2 Å². The van der Waals surface area contributed by atoms with Crippen molar-refractivity contribution in [3.63, 3.8) is 0 Å². The van der Waals surface area contributed by atoms with Crippen LogP contribution in [0.5, 0.6) is 0 Å². The number of anilines is 1. The van der Waals surface area contributed by atoms with E-state index in [1.807, 2.05) is 6.07 Å². The van der Waals surface area contributed by atoms with Gasteiger partial charge in [0.05, 0.1) is 17.9 Å². The molecule has 1 heterocycles. The minimum atomic E-state index is -0.625. The summed E-state index contributed by atoms with van der Waals surface area (Å²) in [5.41, 5.74) is 1.26. The first-order chi connectivity index (χ1) is 12.0. The first kappa shape index (κ1) is 17.0. The Balaban J connectivity index is 1.70. The summed E-state index contributed by atoms with van der Waals surface area (Å²) >= 11 is 0. The number of nitrogens with zero attached hydrogens (tertiary/aromatic N) is 1. The van der Waals surface area contributed by atoms with E-state index in [4.69, 9.17) is 4.42 Å². The summed E-state index contributed by atoms with van der Waals surface area (Å²) in [5, 5.41) is 5.55. The van der Waals surface area contributed by atoms with Gasteiger partial charge in [-0.3, -0.25) is 4.79 Å². The van der Waals surface area contributed by atoms with Gasteiger partial charge < -0.3 is 20.0 Å². The van der Waals surface area contributed by atoms with Gasteiger partial charge in [0.25, 0.3) is 5.91 Å². The van der Waals surface area contributed by atoms with Crippen LogP contribution in [0.25, 0.3) is 0 Å². The van der Waals surface area contributed by atoms with Crippen LogP contribution in [0.1, 0.15) is 40.6 Å². The number of rotatable bonds is 3. The minimum Gasteiger partial charge on any atom is -0.469 e. The summed E-state index contributed by atoms with van der Waals surface area (Å²) in [6, 6.07) is 5.26. The zero-order valence-corrected chi connectivity index (χ0v) is 14.1. The molecular weight excluding hydrogens is 325 g/mol. The molecule has 0 bridgehead atoms. The SMILES string of the molecule is CN(C)C(=O)c1cc(NC(=O)N[C@H]2CCCc3occc32)ccc1F. The van der Waals surface area contributed by atoms with Crippen molar-refractivity contribution in [3.8, 4) is 0 Å². The molecule has 3 amide bonds. The fourth-order valence-electron chi connectivity index (χ4n) is 2.97. The number of urea groups is 1. The first-order valence-corrected chi connectivity index (χ1v) is 8.10. The third kappa shape index (κ3) is 3.65. The topological polar surface area (TPSA) is 74.6 Å². The molecule has 1 aliphatic rings. The van der Waals surface area contributed by atoms with Gasteiger partial charge in [0.1, 0.15) is 11.6 Å². The molecular formula is C18H20FN3O3. The number of furan rings is 1. The summed E-state index contributed by atoms with van der Waals surface area (Å²) in [4.78, 5) is 25.5. The quantitative estimate of drug-likeness (QED) is 0.896. The molecule has 6 nitrogen and oxygen atoms in total. The average molecular weight is 345 g/mol. The Hall–Kier alpha value is -2.83. The van der Waals surface area contributed by atoms with Gasteiger partial charge in [-0.2, -0.15) is 0 Å². The number of nitrogens with one attached hydrogen (secondary N) is 2. The summed E-state index contributed by atoms with van der Waals surface area (Å²) in [7, 11) is 3.08. The van der Waals surface area contributed by atoms with Gasteiger partial charge in [-0.1, -0.05) is 0 Å². The summed E-state index contributed by atoms with van der Waals surface area (Å²) < 4.78 is 19.2. The maximum Gasteiger partial charge on any atom is 0.319 e. The number of halogens is 1. The zero-order chi connectivity index (χ0) is 18.0. The molecule has 2 aromatic rings. The molecule has 0 saturated carbocycles. The smallest absolute Gasteiger partial charge is 0.319 e. The maximum atomic E-state index is 13.8. The molecule has 2 N–H and O–H groups in total. The number of fused-ring (bicyclic) bond motifs is 1. The number of hydrogen-bond acceptors (Lipinski definition) is 3. The second kappa shape index (κ2) is 6.96. The number of amides is 3. The predicted octanol–water partition coefficient (Wildman–Crippen LogP) is 3.32. The minimum absolute atomic E-state index is 0.0856. The third-order valence-electron chi connectivity index (χ3n) is 4.22. The van der Waals surface area contributed by atoms with E-state index in [9.17, 15) is 14.0 Å². The lowest BCUT2D eigenvalue weighted by atomic mass is 9.93. The van der Waals surface area contributed by atoms with Crippen molar-refractivity contribution in [2.24, 2.45) is 0 Å². The lowest BCUT2D eigenvalue weighted by Crippen LogP contribution is -2.34. The van der Waals surface area contributed by atoms with Gasteiger partial charge in [-0.05, 0) is 37.1 Å². The van der Waals surface area contributed by atoms with E-state index in [1.54, 1.807) is 20.4 Å². The van der Waals surface area contributed by atoms with Crippen LogP contribution in [0.4, 0.5) is 14.9 Å². The Morgan fingerprint density at radius 3 is 2.84 bits per heavy atom. The maximum absolute atomic E-state index is 13.8. The molecule has 1 aliphatic carbocycles. The van der Waals surface area contributed by atoms with E-state index in [2.05, 4.69) is 10.6 Å². The summed E-state index contributed by atoms with van der Waals surface area (Å²) in [5.74, 6) is -0.186. The molecule has 1 aromatic carbocycles. The number of aryl methyl sites for hydroxylation is 1. The Labute approximate surface area is 145 Å². The van der Waals surface area contributed by atoms with E-state index in [-0.39, 0.29) is 11.6 Å². The van der Waals surface area contributed by atoms with E-state index in [1.165, 1.54) is 23.1 Å². The van der Waals surface area contributed by atoms with E-state index >= 15 is 0 Å². The molecule has 132 valence electrons. The number of benzene rings is 1. The number of hydrogen-bond donors (Lipinski definition) is 2. The molecule has 7 heteroatoms. The van der Waals surface area contributed by atoms with Crippen molar-refractivity contribution in [2.75, 3.05) is 19.4 Å². The van der Waals surface area contributed by atoms with E-state index in [0.29, 0.717) is 5.69 Å². The lowest BCUT2D eigenvalue weighted by Gasteiger charge is -2.23. The number of carbonyl (C=O) groups is 2. The lowest BCUT2D eigenvalue weighted by molar-refractivity contribution is 0.0823. The van der Waals surface area contributed by atoms with Crippen LogP contribution in [0.2, 0.25) is 0 Å². The molecule has 0 radical (unpaired) electrons. The van der Waals surface area contributed by atoms with Gasteiger partial charge in [0.15, 0.2) is 0 Å². The van der Waals surface area contributed by atoms with Crippen LogP contribution in [0, 0.1) is 5.82 Å². The van der Waals surface area contributed by atoms with Crippen LogP contribution < -0.4 is 10.6 Å². The van der Waals surface area contributed by atoms with Crippen molar-refractivity contribution < 1.29 is 18.4 Å². The Morgan fingerprint density at radius 1 is 1.28 bits per heavy atom. The molecule has 25 heavy (non-hydrogen) atoms. The standard InChI is InChI=1S/C18H20FN3O3/c1-22(2)17(23)13-10-11(6-7-14(13)19)20-18(24)21-15-4-3-5-16-12(15)8-9-25-16/h6-10,15H,3-5H2,1-2H3,(H2,20,21,24)/t15-/m0/s1. The van der Waals surface area contributed by atoms with Gasteiger partial charge >= 0.3 is 6.03 Å². The normalized spacial score (nSPS) is 16.0. The van der Waals surface area contributed by atoms with Gasteiger partial charge in [0.2, 0.25) is 0 Å². The van der Waals surface area contributed by atoms with E-state index < -0.39 is 17.8 Å². The van der Waals surface area contributed by atoms with Crippen molar-refractivity contribution >= 4 is 17.6 Å². The molecule has 3 rings (SSSR count). The molecule has 0 aliphatic heterocycles. The van der Waals surface area contributed by atoms with Crippen LogP contribution >= 0.6 is 0 Å². The van der Waals surface area contributed by atoms with Gasteiger partial charge in [-0.25, -0.2) is 9.18 Å². The predicted molar refractivity (Wildman–Crippen MR) is 91.0 cm³/mol. The zero-order valence-electron chi connectivity index (χ0n) is 14.1. The molecule has 0 fully saturated rings. The Morgan fingerprint density at radius 2 is 2.08 bits per heavy atom. The second-order valence-corrected chi connectivity index (χ2v) is 6.24. The Bertz CT molecular complexity index is 801. The summed E-state index contributed by atoms with van der Waals surface area (Å²) in [6.07, 6.45) is 4.26. The molecule has 1 atom stereocenters. The molecule has 1 aromatic heterocycles. The second-order valence-electron chi connectivity index (χ2n) is 6.24. The number of carbonyl (C=O) groups excluding carboxylic acids is 2. The largest absolute Gasteiger partial charge is 0.469 e. The van der Waals surface area contributed by atoms with Crippen LogP contribution in [-0.4, -0.2) is 30.9 Å². The molecule has 0 spiro atoms. The van der Waals surface area contributed by atoms with E-state index in [0.717, 1.165) is 30.6 Å². The highest BCUT2D eigenvalue weighted by Gasteiger charge is 2.24. The Kier molecular flexibility index (Phi) is 4.74. The van der Waals surface area contributed by atoms with Crippen LogP contribution in [-0.2, 0) is 6.42 Å². The van der Waals surface area contributed by atoms with Crippen molar-refractivity contribution in [3.05, 3.63) is 53.2 Å². The molecule has 0 unspecified atom stereocenters. The van der Waals surface area contributed by atoms with Gasteiger partial charge in [0, 0.05) is 31.8 Å². The van der Waals surface area contributed by atoms with Gasteiger partial charge in [-0.15, -0.1) is 0 Å². The highest BCUT2D eigenvalue weighted by Crippen LogP contribution is 2.30. The summed E-state index contributed by atoms with van der Waals surface area (Å²) in [6.45, 7) is 0. The first-order valence-electron chi connectivity index (χ1n) is 8.10. The van der Waals surface area contributed by atoms with Crippen LogP contribution in [0.15, 0.2) is 34.9 Å². The molecule has 0 saturated heterocycles.